The molecule has 2 amide bonds. The minimum Gasteiger partial charge on any atom is -0.481 e. The zero-order valence-electron chi connectivity index (χ0n) is 41.3. The van der Waals surface area contributed by atoms with Gasteiger partial charge in [0, 0.05) is 50.4 Å². The summed E-state index contributed by atoms with van der Waals surface area (Å²) in [5.41, 5.74) is 0.620. The smallest absolute Gasteiger partial charge is 0.331 e. The van der Waals surface area contributed by atoms with Crippen LogP contribution < -0.4 is 10.6 Å². The molecular formula is C51H77N7O12. The van der Waals surface area contributed by atoms with E-state index in [1.165, 1.54) is 12.7 Å². The second-order valence-corrected chi connectivity index (χ2v) is 21.8. The van der Waals surface area contributed by atoms with Crippen molar-refractivity contribution in [1.29, 1.82) is 0 Å². The van der Waals surface area contributed by atoms with E-state index in [0.717, 1.165) is 76.2 Å². The molecule has 4 heterocycles. The molecule has 6 aliphatic rings. The number of ether oxygens (including phenoxy) is 3. The number of imidazole rings is 1. The molecule has 1 saturated heterocycles. The highest BCUT2D eigenvalue weighted by Gasteiger charge is 2.70. The van der Waals surface area contributed by atoms with Crippen molar-refractivity contribution in [3.8, 4) is 0 Å². The molecule has 388 valence electrons. The van der Waals surface area contributed by atoms with E-state index in [1.807, 2.05) is 4.90 Å². The van der Waals surface area contributed by atoms with Gasteiger partial charge in [0.25, 0.3) is 0 Å². The van der Waals surface area contributed by atoms with Crippen LogP contribution in [0.15, 0.2) is 24.3 Å². The van der Waals surface area contributed by atoms with Crippen molar-refractivity contribution in [3.63, 3.8) is 0 Å². The van der Waals surface area contributed by atoms with Crippen molar-refractivity contribution < 1.29 is 58.9 Å². The number of hydrogen-bond acceptors (Lipinski definition) is 15. The van der Waals surface area contributed by atoms with Gasteiger partial charge < -0.3 is 55.3 Å². The fourth-order valence-corrected chi connectivity index (χ4v) is 13.7. The molecular weight excluding hydrogens is 903 g/mol. The van der Waals surface area contributed by atoms with Gasteiger partial charge in [-0.3, -0.25) is 19.0 Å². The number of fused-ring (bicyclic) bond motifs is 6. The van der Waals surface area contributed by atoms with Gasteiger partial charge in [-0.1, -0.05) is 26.7 Å². The molecule has 2 aliphatic heterocycles. The van der Waals surface area contributed by atoms with Gasteiger partial charge in [-0.15, -0.1) is 0 Å². The minimum atomic E-state index is -1.25. The van der Waals surface area contributed by atoms with Crippen LogP contribution in [-0.2, 0) is 39.9 Å². The van der Waals surface area contributed by atoms with E-state index in [1.54, 1.807) is 17.7 Å². The number of aliphatic hydroxyl groups excluding tert-OH is 3. The number of carbonyl (C=O) groups excluding carboxylic acids is 3. The summed E-state index contributed by atoms with van der Waals surface area (Å²) in [5, 5.41) is 60.8. The molecule has 13 atom stereocenters. The third kappa shape index (κ3) is 10.8. The van der Waals surface area contributed by atoms with E-state index in [2.05, 4.69) is 39.4 Å². The first kappa shape index (κ1) is 52.2. The molecule has 2 aromatic rings. The number of amides is 2. The van der Waals surface area contributed by atoms with Gasteiger partial charge in [0.05, 0.1) is 36.4 Å². The van der Waals surface area contributed by atoms with Crippen LogP contribution in [0.25, 0.3) is 11.2 Å². The highest BCUT2D eigenvalue weighted by atomic mass is 16.6. The van der Waals surface area contributed by atoms with Crippen molar-refractivity contribution in [2.75, 3.05) is 39.9 Å². The van der Waals surface area contributed by atoms with E-state index in [0.29, 0.717) is 81.0 Å². The predicted octanol–water partition coefficient (Wildman–Crippen LogP) is 3.71. The first-order chi connectivity index (χ1) is 33.5. The maximum atomic E-state index is 12.7. The fraction of sp³-hybridized carbons (Fsp3) is 0.784. The monoisotopic (exact) mass is 980 g/mol. The van der Waals surface area contributed by atoms with Crippen LogP contribution in [0, 0.1) is 34.5 Å². The van der Waals surface area contributed by atoms with Crippen molar-refractivity contribution in [2.24, 2.45) is 34.5 Å². The fourth-order valence-electron chi connectivity index (χ4n) is 13.7. The summed E-state index contributed by atoms with van der Waals surface area (Å²) in [5.74, 6) is -0.482. The molecule has 19 nitrogen and oxygen atoms in total. The van der Waals surface area contributed by atoms with Gasteiger partial charge in [-0.25, -0.2) is 19.7 Å². The second kappa shape index (κ2) is 22.3. The number of aliphatic carboxylic acids is 1. The molecule has 2 aromatic heterocycles. The third-order valence-electron chi connectivity index (χ3n) is 17.8. The lowest BCUT2D eigenvalue weighted by atomic mass is 9.42. The molecule has 4 saturated carbocycles. The summed E-state index contributed by atoms with van der Waals surface area (Å²) in [6.07, 6.45) is 13.1. The highest BCUT2D eigenvalue weighted by Crippen LogP contribution is 2.70. The largest absolute Gasteiger partial charge is 0.481 e. The summed E-state index contributed by atoms with van der Waals surface area (Å²) in [6.45, 7) is 6.87. The number of esters is 1. The Labute approximate surface area is 410 Å². The number of carbonyl (C=O) groups is 4. The van der Waals surface area contributed by atoms with Gasteiger partial charge in [0.1, 0.15) is 36.8 Å². The number of cyclic esters (lactones) is 1. The lowest BCUT2D eigenvalue weighted by Crippen LogP contribution is -2.67. The lowest BCUT2D eigenvalue weighted by Gasteiger charge is -2.65. The SMILES string of the molecule is CN(CCCC(=O)O)C[C@H]1O[C@@H](n2cnc3c(CNC(=O)CCCCCNC(=O)CCCCCO[C@@H]4CC[C@@]5(C)[C@H](CCC6[C@@H]5C[C@@H](O)[C@]5(C)[C@@H](C7=CC(=O)OC7)CC[C@]65O)C4)ncnc32)[C@H](O)[C@@H]1O. The average molecular weight is 980 g/mol. The number of likely N-dealkylation sites (N-methyl/N-ethyl adjacent to an activating group) is 1. The number of hydrogen-bond donors (Lipinski definition) is 7. The molecule has 19 heteroatoms. The highest BCUT2D eigenvalue weighted by molar-refractivity contribution is 5.85. The Hall–Kier alpha value is -4.11. The zero-order valence-corrected chi connectivity index (χ0v) is 41.3. The van der Waals surface area contributed by atoms with E-state index >= 15 is 0 Å². The van der Waals surface area contributed by atoms with Crippen LogP contribution in [0.4, 0.5) is 0 Å². The van der Waals surface area contributed by atoms with Crippen molar-refractivity contribution in [1.82, 2.24) is 35.1 Å². The minimum absolute atomic E-state index is 0.0349. The van der Waals surface area contributed by atoms with Crippen LogP contribution in [0.1, 0.15) is 141 Å². The lowest BCUT2D eigenvalue weighted by molar-refractivity contribution is -0.245. The Morgan fingerprint density at radius 2 is 1.66 bits per heavy atom. The number of carboxylic acids is 1. The van der Waals surface area contributed by atoms with E-state index in [9.17, 15) is 39.6 Å². The molecule has 4 aliphatic carbocycles. The summed E-state index contributed by atoms with van der Waals surface area (Å²) >= 11 is 0. The molecule has 0 bridgehead atoms. The summed E-state index contributed by atoms with van der Waals surface area (Å²) in [6, 6.07) is 0. The number of aliphatic hydroxyl groups is 4. The van der Waals surface area contributed by atoms with Gasteiger partial charge in [-0.05, 0) is 132 Å². The first-order valence-electron chi connectivity index (χ1n) is 26.0. The van der Waals surface area contributed by atoms with E-state index < -0.39 is 47.6 Å². The van der Waals surface area contributed by atoms with Crippen LogP contribution >= 0.6 is 0 Å². The Kier molecular flexibility index (Phi) is 16.7. The maximum absolute atomic E-state index is 12.7. The van der Waals surface area contributed by atoms with Gasteiger partial charge in [0.15, 0.2) is 11.9 Å². The number of aromatic nitrogens is 4. The van der Waals surface area contributed by atoms with Crippen LogP contribution in [-0.4, -0.2) is 150 Å². The zero-order chi connectivity index (χ0) is 49.8. The summed E-state index contributed by atoms with van der Waals surface area (Å²) in [7, 11) is 1.80. The molecule has 7 N–H and O–H groups in total. The Morgan fingerprint density at radius 1 is 0.886 bits per heavy atom. The number of nitrogens with one attached hydrogen (secondary N) is 2. The van der Waals surface area contributed by atoms with E-state index in [-0.39, 0.29) is 73.2 Å². The van der Waals surface area contributed by atoms with Crippen molar-refractivity contribution in [2.45, 2.75) is 178 Å². The third-order valence-corrected chi connectivity index (χ3v) is 17.8. The number of rotatable bonds is 23. The number of carboxylic acid groups (broad SMARTS) is 1. The normalized spacial score (nSPS) is 34.7. The van der Waals surface area contributed by atoms with Gasteiger partial charge in [-0.2, -0.15) is 0 Å². The Bertz CT molecular complexity index is 2210. The van der Waals surface area contributed by atoms with Crippen molar-refractivity contribution >= 4 is 34.9 Å². The summed E-state index contributed by atoms with van der Waals surface area (Å²) in [4.78, 5) is 63.0. The summed E-state index contributed by atoms with van der Waals surface area (Å²) < 4.78 is 19.3. The quantitative estimate of drug-likeness (QED) is 0.0618. The molecule has 5 fully saturated rings. The Balaban J connectivity index is 0.666. The van der Waals surface area contributed by atoms with Gasteiger partial charge >= 0.3 is 11.9 Å². The Morgan fingerprint density at radius 3 is 2.41 bits per heavy atom. The van der Waals surface area contributed by atoms with Crippen molar-refractivity contribution in [3.05, 3.63) is 30.0 Å². The molecule has 8 rings (SSSR count). The molecule has 0 spiro atoms. The predicted molar refractivity (Wildman–Crippen MR) is 254 cm³/mol. The maximum Gasteiger partial charge on any atom is 0.331 e. The standard InChI is InChI=1S/C51H77N7O12/c1-49-18-16-33(24-32(49)14-15-35-36(49)25-39(59)50(2)34(17-19-51(35,50)67)31-23-43(64)69-28-31)68-22-9-5-7-11-40(60)52-20-8-4-6-12-41(61)53-26-37-44-47(55-29-54-37)58(30-56-44)48-46(66)45(65)38(70-48)27-57(3)21-10-13-42(62)63/h23,29-30,32-36,38-39,45-46,48,59,65-67H,4-22,24-28H2,1-3H3,(H,52,60)(H,53,61)(H,62,63)/t32-,33-,34-,35?,36+,38-,39-,45-,46-,48-,49+,50+,51+/m1/s1. The molecule has 0 radical (unpaired) electrons. The van der Waals surface area contributed by atoms with Crippen LogP contribution in [0.5, 0.6) is 0 Å². The first-order valence-corrected chi connectivity index (χ1v) is 26.0. The molecule has 0 aromatic carbocycles. The topological polar surface area (TPSA) is 268 Å². The average Bonchev–Trinajstić information content (AvgIpc) is 4.09. The van der Waals surface area contributed by atoms with E-state index in [4.69, 9.17) is 19.3 Å². The molecule has 70 heavy (non-hydrogen) atoms. The van der Waals surface area contributed by atoms with Crippen LogP contribution in [0.3, 0.4) is 0 Å². The van der Waals surface area contributed by atoms with Gasteiger partial charge in [0.2, 0.25) is 11.8 Å². The second-order valence-electron chi connectivity index (χ2n) is 21.8. The molecule has 1 unspecified atom stereocenters. The van der Waals surface area contributed by atoms with Crippen LogP contribution in [0.2, 0.25) is 0 Å². The number of unbranched alkanes of at least 4 members (excludes halogenated alkanes) is 4. The number of nitrogens with zero attached hydrogens (tertiary/aromatic N) is 5.